The normalized spacial score (nSPS) is 15.5. The largest absolute Gasteiger partial charge is 0.314 e. The van der Waals surface area contributed by atoms with Gasteiger partial charge < -0.3 is 10.2 Å². The average molecular weight is 388 g/mol. The van der Waals surface area contributed by atoms with Crippen LogP contribution in [0.2, 0.25) is 0 Å². The maximum Gasteiger partial charge on any atom is 0.215 e. The van der Waals surface area contributed by atoms with Crippen molar-refractivity contribution in [3.05, 3.63) is 35.6 Å². The molecular weight excluding hydrogens is 364 g/mol. The molecule has 2 N–H and O–H groups in total. The molecule has 0 bridgehead atoms. The van der Waals surface area contributed by atoms with E-state index in [1.54, 1.807) is 12.1 Å². The van der Waals surface area contributed by atoms with E-state index in [1.807, 2.05) is 0 Å². The van der Waals surface area contributed by atoms with Gasteiger partial charge in [0, 0.05) is 38.3 Å². The quantitative estimate of drug-likeness (QED) is 0.693. The highest BCUT2D eigenvalue weighted by atomic mass is 35.5. The van der Waals surface area contributed by atoms with Crippen molar-refractivity contribution >= 4 is 34.8 Å². The Morgan fingerprint density at radius 2 is 1.83 bits per heavy atom. The van der Waals surface area contributed by atoms with E-state index in [2.05, 4.69) is 14.9 Å². The first kappa shape index (κ1) is 22.6. The fraction of sp³-hybridized carbons (Fsp3) is 0.571. The van der Waals surface area contributed by atoms with Gasteiger partial charge in [0.05, 0.1) is 5.75 Å². The van der Waals surface area contributed by atoms with Crippen LogP contribution >= 0.6 is 24.8 Å². The van der Waals surface area contributed by atoms with Crippen LogP contribution in [0.4, 0.5) is 4.39 Å². The van der Waals surface area contributed by atoms with Gasteiger partial charge in [-0.25, -0.2) is 17.5 Å². The van der Waals surface area contributed by atoms with Gasteiger partial charge >= 0.3 is 0 Å². The molecule has 1 aliphatic rings. The Kier molecular flexibility index (Phi) is 11.0. The first-order valence-corrected chi connectivity index (χ1v) is 8.86. The van der Waals surface area contributed by atoms with Crippen LogP contribution in [0, 0.1) is 5.82 Å². The van der Waals surface area contributed by atoms with Gasteiger partial charge in [-0.15, -0.1) is 24.8 Å². The summed E-state index contributed by atoms with van der Waals surface area (Å²) in [5, 5.41) is 3.27. The Morgan fingerprint density at radius 3 is 2.48 bits per heavy atom. The molecule has 0 atom stereocenters. The van der Waals surface area contributed by atoms with Crippen LogP contribution in [0.3, 0.4) is 0 Å². The van der Waals surface area contributed by atoms with Gasteiger partial charge in [-0.05, 0) is 19.0 Å². The van der Waals surface area contributed by atoms with Crippen LogP contribution in [0.15, 0.2) is 24.3 Å². The lowest BCUT2D eigenvalue weighted by molar-refractivity contribution is 0.239. The molecule has 134 valence electrons. The molecule has 23 heavy (non-hydrogen) atoms. The van der Waals surface area contributed by atoms with E-state index in [0.717, 1.165) is 39.1 Å². The number of piperazine rings is 1. The summed E-state index contributed by atoms with van der Waals surface area (Å²) in [4.78, 5) is 2.31. The van der Waals surface area contributed by atoms with E-state index >= 15 is 0 Å². The summed E-state index contributed by atoms with van der Waals surface area (Å²) in [6, 6.07) is 5.95. The molecule has 0 aromatic heterocycles. The van der Waals surface area contributed by atoms with Gasteiger partial charge in [-0.3, -0.25) is 0 Å². The fourth-order valence-electron chi connectivity index (χ4n) is 2.34. The van der Waals surface area contributed by atoms with Crippen molar-refractivity contribution in [1.29, 1.82) is 0 Å². The van der Waals surface area contributed by atoms with Crippen LogP contribution in [0.1, 0.15) is 12.0 Å². The van der Waals surface area contributed by atoms with Crippen LogP contribution in [-0.4, -0.2) is 52.6 Å². The molecule has 0 spiro atoms. The smallest absolute Gasteiger partial charge is 0.215 e. The van der Waals surface area contributed by atoms with E-state index < -0.39 is 15.8 Å². The molecule has 1 aliphatic heterocycles. The van der Waals surface area contributed by atoms with Crippen LogP contribution < -0.4 is 10.0 Å². The van der Waals surface area contributed by atoms with Gasteiger partial charge in [-0.1, -0.05) is 18.2 Å². The predicted molar refractivity (Wildman–Crippen MR) is 95.4 cm³/mol. The van der Waals surface area contributed by atoms with Crippen LogP contribution in [0.25, 0.3) is 0 Å². The minimum absolute atomic E-state index is 0. The monoisotopic (exact) mass is 387 g/mol. The van der Waals surface area contributed by atoms with Crippen LogP contribution in [0.5, 0.6) is 0 Å². The van der Waals surface area contributed by atoms with Crippen molar-refractivity contribution < 1.29 is 12.8 Å². The zero-order valence-corrected chi connectivity index (χ0v) is 15.3. The molecule has 1 fully saturated rings. The molecule has 0 unspecified atom stereocenters. The molecule has 1 aromatic rings. The molecule has 0 amide bonds. The molecule has 5 nitrogen and oxygen atoms in total. The summed E-state index contributed by atoms with van der Waals surface area (Å²) in [6.45, 7) is 5.24. The Morgan fingerprint density at radius 1 is 1.17 bits per heavy atom. The van der Waals surface area contributed by atoms with E-state index in [9.17, 15) is 12.8 Å². The second kappa shape index (κ2) is 11.2. The molecule has 1 saturated heterocycles. The maximum absolute atomic E-state index is 13.4. The molecule has 0 radical (unpaired) electrons. The van der Waals surface area contributed by atoms with Gasteiger partial charge in [0.15, 0.2) is 0 Å². The SMILES string of the molecule is Cl.Cl.O=S(=O)(Cc1ccccc1F)NCCCN1CCNCC1. The lowest BCUT2D eigenvalue weighted by Gasteiger charge is -2.27. The Labute approximate surface area is 149 Å². The molecular formula is C14H24Cl2FN3O2S. The van der Waals surface area contributed by atoms with Crippen molar-refractivity contribution in [1.82, 2.24) is 14.9 Å². The molecule has 0 saturated carbocycles. The number of benzene rings is 1. The third kappa shape index (κ3) is 8.28. The molecule has 0 aliphatic carbocycles. The minimum Gasteiger partial charge on any atom is -0.314 e. The summed E-state index contributed by atoms with van der Waals surface area (Å²) in [6.07, 6.45) is 0.760. The molecule has 9 heteroatoms. The highest BCUT2D eigenvalue weighted by molar-refractivity contribution is 7.88. The number of hydrogen-bond donors (Lipinski definition) is 2. The molecule has 1 heterocycles. The lowest BCUT2D eigenvalue weighted by Crippen LogP contribution is -2.44. The third-order valence-electron chi connectivity index (χ3n) is 3.49. The summed E-state index contributed by atoms with van der Waals surface area (Å²) in [7, 11) is -3.48. The highest BCUT2D eigenvalue weighted by Gasteiger charge is 2.14. The van der Waals surface area contributed by atoms with Gasteiger partial charge in [-0.2, -0.15) is 0 Å². The zero-order chi connectivity index (χ0) is 15.1. The topological polar surface area (TPSA) is 61.4 Å². The Balaban J connectivity index is 0.00000242. The summed E-state index contributed by atoms with van der Waals surface area (Å²) < 4.78 is 39.8. The van der Waals surface area contributed by atoms with Gasteiger partial charge in [0.25, 0.3) is 0 Å². The number of halogens is 3. The average Bonchev–Trinajstić information content (AvgIpc) is 2.47. The van der Waals surface area contributed by atoms with Crippen molar-refractivity contribution in [3.63, 3.8) is 0 Å². The van der Waals surface area contributed by atoms with E-state index in [-0.39, 0.29) is 36.1 Å². The molecule has 2 rings (SSSR count). The van der Waals surface area contributed by atoms with E-state index in [1.165, 1.54) is 12.1 Å². The number of nitrogens with one attached hydrogen (secondary N) is 2. The highest BCUT2D eigenvalue weighted by Crippen LogP contribution is 2.09. The van der Waals surface area contributed by atoms with E-state index in [4.69, 9.17) is 0 Å². The Hall–Kier alpha value is -0.440. The Bertz CT molecular complexity index is 555. The van der Waals surface area contributed by atoms with Gasteiger partial charge in [0.2, 0.25) is 10.0 Å². The first-order chi connectivity index (χ1) is 10.1. The number of hydrogen-bond acceptors (Lipinski definition) is 4. The maximum atomic E-state index is 13.4. The van der Waals surface area contributed by atoms with Crippen molar-refractivity contribution in [2.75, 3.05) is 39.3 Å². The number of sulfonamides is 1. The second-order valence-corrected chi connectivity index (χ2v) is 7.00. The summed E-state index contributed by atoms with van der Waals surface area (Å²) in [5.41, 5.74) is 0.201. The third-order valence-corrected chi connectivity index (χ3v) is 4.82. The number of rotatable bonds is 7. The lowest BCUT2D eigenvalue weighted by atomic mass is 10.2. The summed E-state index contributed by atoms with van der Waals surface area (Å²) >= 11 is 0. The van der Waals surface area contributed by atoms with Crippen molar-refractivity contribution in [3.8, 4) is 0 Å². The fourth-order valence-corrected chi connectivity index (χ4v) is 3.54. The second-order valence-electron chi connectivity index (χ2n) is 5.19. The van der Waals surface area contributed by atoms with Crippen molar-refractivity contribution in [2.45, 2.75) is 12.2 Å². The first-order valence-electron chi connectivity index (χ1n) is 7.21. The standard InChI is InChI=1S/C14H22FN3O2S.2ClH/c15-14-5-2-1-4-13(14)12-21(19,20)17-6-3-9-18-10-7-16-8-11-18;;/h1-2,4-5,16-17H,3,6-12H2;2*1H. The minimum atomic E-state index is -3.48. The van der Waals surface area contributed by atoms with Crippen molar-refractivity contribution in [2.24, 2.45) is 0 Å². The summed E-state index contributed by atoms with van der Waals surface area (Å²) in [5.74, 6) is -0.795. The number of nitrogens with zero attached hydrogens (tertiary/aromatic N) is 1. The predicted octanol–water partition coefficient (Wildman–Crippen LogP) is 1.38. The molecule has 1 aromatic carbocycles. The van der Waals surface area contributed by atoms with Crippen LogP contribution in [-0.2, 0) is 15.8 Å². The van der Waals surface area contributed by atoms with E-state index in [0.29, 0.717) is 6.54 Å². The van der Waals surface area contributed by atoms with Gasteiger partial charge in [0.1, 0.15) is 5.82 Å². The zero-order valence-electron chi connectivity index (χ0n) is 12.8.